The van der Waals surface area contributed by atoms with Crippen molar-refractivity contribution in [1.29, 1.82) is 0 Å². The summed E-state index contributed by atoms with van der Waals surface area (Å²) >= 11 is 0. The lowest BCUT2D eigenvalue weighted by molar-refractivity contribution is 0.399. The standard InChI is InChI=1S/C120/c1-3-7-8-4(1)14-26-18-11(1)17-25-13(3)33-37-21(7)29-30-22(8)38-34(14)54-46(26)66-62-42(18)41(17)61-65-45(25)53(33)73-77-57(37)49(29)69-70-50(30)58(38)78-74(54)94-86(66)102-82(62)81(61)101-85(65)93(73)107-97(77)89(69)105-90(70)98(78)108(94)118-112(102)111(101)117(107,115(105)118)119-109-95-75-55-35-15-5-2-6-10-9(5)23-31-32-24(10)40-36-16(6)28-20-12(2)19-27(15)47(55)67-63-43(19)44(20)64-68-48(28)56(36)76-80-60(40)52(32)72-71-51(31)59(39(23)35)79(75)99(109)91(71)106-92(72)100(80)110-96(76)88(68)104-84(64)83(63)103(87(67)95)113(119)114(104)120(110,118)116(106)119. The van der Waals surface area contributed by atoms with Crippen LogP contribution < -0.4 is 10.4 Å². The lowest BCUT2D eigenvalue weighted by Crippen LogP contribution is -2.66. The van der Waals surface area contributed by atoms with E-state index >= 15 is 0 Å². The van der Waals surface area contributed by atoms with E-state index in [1.165, 1.54) is 0 Å². The van der Waals surface area contributed by atoms with Gasteiger partial charge in [-0.25, -0.2) is 0 Å². The fourth-order valence-corrected chi connectivity index (χ4v) is 48.8. The minimum absolute atomic E-state index is 0.667. The van der Waals surface area contributed by atoms with Crippen molar-refractivity contribution in [1.82, 2.24) is 0 Å². The lowest BCUT2D eigenvalue weighted by Gasteiger charge is -2.64. The summed E-state index contributed by atoms with van der Waals surface area (Å²) in [4.78, 5) is 0. The van der Waals surface area contributed by atoms with E-state index in [2.05, 4.69) is 0 Å². The average Bonchev–Trinajstić information content (AvgIpc) is 1.34. The first-order chi connectivity index (χ1) is 60.0. The second-order valence-electron chi connectivity index (χ2n) is 46.5. The van der Waals surface area contributed by atoms with Gasteiger partial charge in [0, 0.05) is 0 Å². The summed E-state index contributed by atoms with van der Waals surface area (Å²) in [6, 6.07) is 0. The number of hydrogen-bond donors (Lipinski definition) is 0. The van der Waals surface area contributed by atoms with E-state index in [4.69, 9.17) is 0 Å². The normalized spacial score (nSPS) is 24.1. The van der Waals surface area contributed by atoms with Gasteiger partial charge in [-0.05, 0) is 626 Å². The summed E-state index contributed by atoms with van der Waals surface area (Å²) in [6.07, 6.45) is 0. The van der Waals surface area contributed by atoms with Crippen LogP contribution in [0.4, 0.5) is 0 Å². The summed E-state index contributed by atoms with van der Waals surface area (Å²) in [6.45, 7) is 0. The Labute approximate surface area is 643 Å². The van der Waals surface area contributed by atoms with Gasteiger partial charge in [0.15, 0.2) is 0 Å². The van der Waals surface area contributed by atoms with Crippen molar-refractivity contribution < 1.29 is 0 Å². The molecule has 4 bridgehead atoms. The molecule has 0 aromatic heterocycles. The summed E-state index contributed by atoms with van der Waals surface area (Å²) in [5, 5.41) is 182. The molecule has 54 aromatic carbocycles. The van der Waals surface area contributed by atoms with Gasteiger partial charge in [-0.1, -0.05) is 0 Å². The van der Waals surface area contributed by atoms with Crippen molar-refractivity contribution in [3.8, 4) is 0 Å². The molecule has 480 valence electrons. The molecule has 0 fully saturated rings. The maximum atomic E-state index is 1.97. The summed E-state index contributed by atoms with van der Waals surface area (Å²) < 4.78 is 0. The Balaban J connectivity index is 0.845. The first-order valence-electron chi connectivity index (χ1n) is 45.5. The highest BCUT2D eigenvalue weighted by Gasteiger charge is 2.91. The highest BCUT2D eigenvalue weighted by molar-refractivity contribution is 6.87. The van der Waals surface area contributed by atoms with E-state index in [1.807, 2.05) is 66.1 Å². The number of rotatable bonds is 0. The highest BCUT2D eigenvalue weighted by atomic mass is 14.9. The van der Waals surface area contributed by atoms with E-state index in [1.54, 1.807) is 560 Å². The number of benzene rings is 32. The number of hydrogen-bond acceptors (Lipinski definition) is 0. The zero-order valence-electron chi connectivity index (χ0n) is 60.0. The molecule has 0 saturated carbocycles. The molecule has 0 radical (unpaired) electrons. The Morgan fingerprint density at radius 3 is 0.233 bits per heavy atom. The average molecular weight is 1440 g/mol. The van der Waals surface area contributed by atoms with Crippen LogP contribution in [0.1, 0.15) is 44.5 Å². The van der Waals surface area contributed by atoms with E-state index in [0.717, 1.165) is 0 Å². The van der Waals surface area contributed by atoms with Crippen LogP contribution in [0.5, 0.6) is 0 Å². The molecule has 65 rings (SSSR count). The molecule has 120 heavy (non-hydrogen) atoms. The predicted molar refractivity (Wildman–Crippen MR) is 505 cm³/mol. The third kappa shape index (κ3) is 1.92. The van der Waals surface area contributed by atoms with Gasteiger partial charge in [0.1, 0.15) is 0 Å². The van der Waals surface area contributed by atoms with Crippen molar-refractivity contribution in [2.75, 3.05) is 0 Å². The van der Waals surface area contributed by atoms with Crippen molar-refractivity contribution >= 4 is 571 Å². The fourth-order valence-electron chi connectivity index (χ4n) is 48.8. The Bertz CT molecular complexity index is 14200. The monoisotopic (exact) mass is 1440 g/mol. The molecule has 0 aliphatic heterocycles. The minimum atomic E-state index is -0.667. The van der Waals surface area contributed by atoms with Crippen LogP contribution in [-0.4, -0.2) is 0 Å². The topological polar surface area (TPSA) is 0 Å². The SMILES string of the molecule is C12=c3c4c5c6c7c8c9c%10c%11c%12c%13c%14c(c%15c3c3c4c4c%16c5c7c5c7c8c8c9c%12c9c%13c%12c%13c%14c%15c%14c3c3c4c4c%16c5c5c7c7c8c9c8c%12c9c%13c%14c3c3c4c5c(c78)c93)C1%11C13C4=c5c7c8c9c%11c%12c%13c(c1c1c%14c%15c3c3c5c5c7c7c%16c8c%11c8c%11c%12c%12c%13c1c1c%14c%13c%14c%15c3c3c5c5c7c7c%16c8c8c%11c%11c%12c1c1c%13c%12c%14c3c5c3c7c8c(c%111)c%123)C49C2%106. The molecule has 0 heteroatoms. The van der Waals surface area contributed by atoms with E-state index < -0.39 is 21.7 Å². The fraction of sp³-hybridized carbons (Fsp3) is 0.0333. The van der Waals surface area contributed by atoms with Gasteiger partial charge in [-0.2, -0.15) is 0 Å². The molecule has 0 N–H and O–H groups in total. The van der Waals surface area contributed by atoms with Gasteiger partial charge in [0.25, 0.3) is 0 Å². The van der Waals surface area contributed by atoms with Crippen molar-refractivity contribution in [3.63, 3.8) is 0 Å². The zero-order chi connectivity index (χ0) is 69.0. The molecular formula is C120. The summed E-state index contributed by atoms with van der Waals surface area (Å²) in [7, 11) is 0. The van der Waals surface area contributed by atoms with Gasteiger partial charge in [-0.15, -0.1) is 0 Å². The Morgan fingerprint density at radius 2 is 0.125 bits per heavy atom. The maximum Gasteiger partial charge on any atom is 0.0631 e. The van der Waals surface area contributed by atoms with Gasteiger partial charge < -0.3 is 0 Å². The minimum Gasteiger partial charge on any atom is -0.0284 e. The molecule has 4 atom stereocenters. The third-order valence-electron chi connectivity index (χ3n) is 47.6. The molecule has 11 aliphatic rings. The first-order valence-corrected chi connectivity index (χ1v) is 45.5. The highest BCUT2D eigenvalue weighted by Crippen LogP contribution is 2.99. The molecule has 11 aliphatic carbocycles. The first kappa shape index (κ1) is 40.7. The summed E-state index contributed by atoms with van der Waals surface area (Å²) in [5.74, 6) is 0. The third-order valence-corrected chi connectivity index (χ3v) is 47.6. The molecule has 0 heterocycles. The van der Waals surface area contributed by atoms with E-state index in [0.29, 0.717) is 0 Å². The van der Waals surface area contributed by atoms with Crippen molar-refractivity contribution in [2.45, 2.75) is 21.7 Å². The predicted octanol–water partition coefficient (Wildman–Crippen LogP) is 30.3. The molecule has 54 aromatic rings. The smallest absolute Gasteiger partial charge is 0.0284 e. The van der Waals surface area contributed by atoms with Gasteiger partial charge in [0.2, 0.25) is 0 Å². The van der Waals surface area contributed by atoms with Crippen LogP contribution in [-0.2, 0) is 21.7 Å². The molecular weight excluding hydrogens is 1440 g/mol. The van der Waals surface area contributed by atoms with Crippen molar-refractivity contribution in [2.24, 2.45) is 0 Å². The quantitative estimate of drug-likeness (QED) is 0.133. The van der Waals surface area contributed by atoms with Crippen LogP contribution in [0, 0.1) is 0 Å². The van der Waals surface area contributed by atoms with Gasteiger partial charge in [-0.3, -0.25) is 0 Å². The largest absolute Gasteiger partial charge is 0.0631 e. The molecule has 4 spiro atoms. The molecule has 0 saturated heterocycles. The summed E-state index contributed by atoms with van der Waals surface area (Å²) in [5.41, 5.74) is 16.3. The van der Waals surface area contributed by atoms with Crippen molar-refractivity contribution in [3.05, 3.63) is 54.9 Å². The van der Waals surface area contributed by atoms with E-state index in [9.17, 15) is 0 Å². The molecule has 0 nitrogen and oxygen atoms in total. The lowest BCUT2D eigenvalue weighted by atomic mass is 9.34. The molecule has 0 amide bonds. The zero-order valence-corrected chi connectivity index (χ0v) is 60.0. The second kappa shape index (κ2) is 8.64. The second-order valence-corrected chi connectivity index (χ2v) is 46.5. The molecule has 4 unspecified atom stereocenters. The Kier molecular flexibility index (Phi) is 2.93. The Hall–Kier alpha value is -15.1. The van der Waals surface area contributed by atoms with Crippen LogP contribution in [0.25, 0.3) is 571 Å². The van der Waals surface area contributed by atoms with Gasteiger partial charge in [0.05, 0.1) is 21.7 Å². The van der Waals surface area contributed by atoms with Gasteiger partial charge >= 0.3 is 0 Å². The van der Waals surface area contributed by atoms with E-state index in [-0.39, 0.29) is 0 Å². The van der Waals surface area contributed by atoms with Crippen LogP contribution in [0.3, 0.4) is 0 Å². The van der Waals surface area contributed by atoms with Crippen LogP contribution in [0.15, 0.2) is 0 Å². The van der Waals surface area contributed by atoms with Crippen LogP contribution in [0.2, 0.25) is 0 Å². The van der Waals surface area contributed by atoms with Crippen LogP contribution >= 0.6 is 0 Å². The Morgan fingerprint density at radius 1 is 0.0583 bits per heavy atom. The maximum absolute atomic E-state index is 1.97.